The second kappa shape index (κ2) is 8.14. The number of imidazole rings is 1. The van der Waals surface area contributed by atoms with Gasteiger partial charge < -0.3 is 14.8 Å². The molecule has 0 spiro atoms. The van der Waals surface area contributed by atoms with Crippen molar-refractivity contribution in [1.82, 2.24) is 14.9 Å². The van der Waals surface area contributed by atoms with Crippen molar-refractivity contribution in [3.8, 4) is 17.2 Å². The number of hydrogen-bond donors (Lipinski definition) is 1. The van der Waals surface area contributed by atoms with E-state index in [1.54, 1.807) is 0 Å². The van der Waals surface area contributed by atoms with E-state index in [1.807, 2.05) is 61.5 Å². The first-order valence-corrected chi connectivity index (χ1v) is 10.4. The summed E-state index contributed by atoms with van der Waals surface area (Å²) in [7, 11) is 0. The number of fused-ring (bicyclic) bond motifs is 2. The summed E-state index contributed by atoms with van der Waals surface area (Å²) >= 11 is 0. The van der Waals surface area contributed by atoms with Crippen molar-refractivity contribution in [2.45, 2.75) is 25.8 Å². The topological polar surface area (TPSA) is 65.4 Å². The molecule has 1 atom stereocenters. The predicted octanol–water partition coefficient (Wildman–Crippen LogP) is 4.56. The maximum Gasteiger partial charge on any atom is 0.231 e. The zero-order valence-electron chi connectivity index (χ0n) is 17.2. The quantitative estimate of drug-likeness (QED) is 0.503. The SMILES string of the molecule is CC(NC(=O)CCc1nc2ccccc2n1-c1ccccc1)c1ccc2c(c1)OCO2. The lowest BCUT2D eigenvalue weighted by Gasteiger charge is -2.15. The molecule has 2 heterocycles. The second-order valence-electron chi connectivity index (χ2n) is 7.59. The standard InChI is InChI=1S/C25H23N3O3/c1-17(18-11-12-22-23(15-18)31-16-30-22)26-25(29)14-13-24-27-20-9-5-6-10-21(20)28(24)19-7-3-2-4-8-19/h2-12,15,17H,13-14,16H2,1H3,(H,26,29). The van der Waals surface area contributed by atoms with Gasteiger partial charge in [0.15, 0.2) is 11.5 Å². The summed E-state index contributed by atoms with van der Waals surface area (Å²) in [6.07, 6.45) is 0.897. The number of carbonyl (C=O) groups is 1. The number of amides is 1. The summed E-state index contributed by atoms with van der Waals surface area (Å²) < 4.78 is 12.9. The number of ether oxygens (including phenoxy) is 2. The average Bonchev–Trinajstić information content (AvgIpc) is 3.42. The summed E-state index contributed by atoms with van der Waals surface area (Å²) in [5.41, 5.74) is 3.99. The van der Waals surface area contributed by atoms with Crippen molar-refractivity contribution in [2.75, 3.05) is 6.79 Å². The summed E-state index contributed by atoms with van der Waals surface area (Å²) in [5, 5.41) is 3.08. The molecule has 1 aromatic heterocycles. The molecule has 1 aliphatic rings. The molecule has 0 saturated heterocycles. The van der Waals surface area contributed by atoms with Crippen molar-refractivity contribution in [3.63, 3.8) is 0 Å². The number of aryl methyl sites for hydroxylation is 1. The number of nitrogens with one attached hydrogen (secondary N) is 1. The van der Waals surface area contributed by atoms with Gasteiger partial charge in [-0.25, -0.2) is 4.98 Å². The largest absolute Gasteiger partial charge is 0.454 e. The van der Waals surface area contributed by atoms with E-state index in [1.165, 1.54) is 0 Å². The highest BCUT2D eigenvalue weighted by Gasteiger charge is 2.18. The first kappa shape index (κ1) is 19.2. The Morgan fingerprint density at radius 3 is 2.68 bits per heavy atom. The Bertz CT molecular complexity index is 1230. The monoisotopic (exact) mass is 413 g/mol. The smallest absolute Gasteiger partial charge is 0.231 e. The Balaban J connectivity index is 1.31. The summed E-state index contributed by atoms with van der Waals surface area (Å²) in [4.78, 5) is 17.5. The van der Waals surface area contributed by atoms with Gasteiger partial charge in [-0.2, -0.15) is 0 Å². The Morgan fingerprint density at radius 2 is 1.81 bits per heavy atom. The molecule has 0 bridgehead atoms. The van der Waals surface area contributed by atoms with Crippen LogP contribution in [0, 0.1) is 0 Å². The van der Waals surface area contributed by atoms with Crippen LogP contribution in [0.3, 0.4) is 0 Å². The van der Waals surface area contributed by atoms with Crippen LogP contribution in [-0.2, 0) is 11.2 Å². The molecule has 156 valence electrons. The fraction of sp³-hybridized carbons (Fsp3) is 0.200. The Hall–Kier alpha value is -3.80. The molecule has 0 fully saturated rings. The van der Waals surface area contributed by atoms with E-state index in [0.29, 0.717) is 12.8 Å². The number of aromatic nitrogens is 2. The highest BCUT2D eigenvalue weighted by atomic mass is 16.7. The molecular formula is C25H23N3O3. The van der Waals surface area contributed by atoms with Crippen LogP contribution >= 0.6 is 0 Å². The van der Waals surface area contributed by atoms with Gasteiger partial charge in [-0.3, -0.25) is 9.36 Å². The summed E-state index contributed by atoms with van der Waals surface area (Å²) in [6, 6.07) is 23.8. The Labute approximate surface area is 180 Å². The lowest BCUT2D eigenvalue weighted by molar-refractivity contribution is -0.121. The molecule has 1 N–H and O–H groups in total. The van der Waals surface area contributed by atoms with E-state index < -0.39 is 0 Å². The van der Waals surface area contributed by atoms with Gasteiger partial charge in [-0.1, -0.05) is 36.4 Å². The molecule has 4 aromatic rings. The molecule has 6 nitrogen and oxygen atoms in total. The van der Waals surface area contributed by atoms with Gasteiger partial charge in [0.2, 0.25) is 12.7 Å². The van der Waals surface area contributed by atoms with Gasteiger partial charge in [-0.15, -0.1) is 0 Å². The first-order chi connectivity index (χ1) is 15.2. The van der Waals surface area contributed by atoms with Gasteiger partial charge in [0, 0.05) is 18.5 Å². The zero-order valence-corrected chi connectivity index (χ0v) is 17.2. The summed E-state index contributed by atoms with van der Waals surface area (Å²) in [6.45, 7) is 2.20. The molecule has 3 aromatic carbocycles. The maximum absolute atomic E-state index is 12.7. The molecule has 0 saturated carbocycles. The lowest BCUT2D eigenvalue weighted by Crippen LogP contribution is -2.27. The van der Waals surface area contributed by atoms with Crippen molar-refractivity contribution in [1.29, 1.82) is 0 Å². The van der Waals surface area contributed by atoms with E-state index in [2.05, 4.69) is 28.1 Å². The Kier molecular flexibility index (Phi) is 5.04. The Morgan fingerprint density at radius 1 is 1.03 bits per heavy atom. The maximum atomic E-state index is 12.7. The van der Waals surface area contributed by atoms with E-state index in [9.17, 15) is 4.79 Å². The van der Waals surface area contributed by atoms with E-state index >= 15 is 0 Å². The van der Waals surface area contributed by atoms with Crippen LogP contribution in [0.25, 0.3) is 16.7 Å². The third-order valence-electron chi connectivity index (χ3n) is 5.49. The van der Waals surface area contributed by atoms with Crippen molar-refractivity contribution >= 4 is 16.9 Å². The van der Waals surface area contributed by atoms with Crippen LogP contribution in [0.2, 0.25) is 0 Å². The summed E-state index contributed by atoms with van der Waals surface area (Å²) in [5.74, 6) is 2.31. The zero-order chi connectivity index (χ0) is 21.2. The third kappa shape index (κ3) is 3.84. The van der Waals surface area contributed by atoms with Crippen LogP contribution in [-0.4, -0.2) is 22.3 Å². The van der Waals surface area contributed by atoms with Crippen LogP contribution in [0.4, 0.5) is 0 Å². The third-order valence-corrected chi connectivity index (χ3v) is 5.49. The first-order valence-electron chi connectivity index (χ1n) is 10.4. The van der Waals surface area contributed by atoms with Gasteiger partial charge in [0.05, 0.1) is 17.1 Å². The normalized spacial score (nSPS) is 13.3. The second-order valence-corrected chi connectivity index (χ2v) is 7.59. The van der Waals surface area contributed by atoms with E-state index in [0.717, 1.165) is 39.6 Å². The van der Waals surface area contributed by atoms with Crippen molar-refractivity contribution in [2.24, 2.45) is 0 Å². The molecule has 6 heteroatoms. The highest BCUT2D eigenvalue weighted by molar-refractivity contribution is 5.79. The number of carbonyl (C=O) groups excluding carboxylic acids is 1. The van der Waals surface area contributed by atoms with Gasteiger partial charge in [-0.05, 0) is 48.9 Å². The molecule has 1 amide bonds. The highest BCUT2D eigenvalue weighted by Crippen LogP contribution is 2.34. The van der Waals surface area contributed by atoms with Crippen LogP contribution in [0.15, 0.2) is 72.8 Å². The van der Waals surface area contributed by atoms with Crippen LogP contribution < -0.4 is 14.8 Å². The molecule has 1 aliphatic heterocycles. The number of benzene rings is 3. The van der Waals surface area contributed by atoms with Crippen molar-refractivity contribution < 1.29 is 14.3 Å². The fourth-order valence-corrected chi connectivity index (χ4v) is 3.91. The molecular weight excluding hydrogens is 390 g/mol. The fourth-order valence-electron chi connectivity index (χ4n) is 3.91. The van der Waals surface area contributed by atoms with E-state index in [4.69, 9.17) is 14.5 Å². The molecule has 1 unspecified atom stereocenters. The van der Waals surface area contributed by atoms with Gasteiger partial charge >= 0.3 is 0 Å². The average molecular weight is 413 g/mol. The van der Waals surface area contributed by atoms with Crippen LogP contribution in [0.5, 0.6) is 11.5 Å². The van der Waals surface area contributed by atoms with Crippen molar-refractivity contribution in [3.05, 3.63) is 84.2 Å². The molecule has 5 rings (SSSR count). The minimum absolute atomic E-state index is 0.0168. The number of hydrogen-bond acceptors (Lipinski definition) is 4. The minimum atomic E-state index is -0.130. The van der Waals surface area contributed by atoms with E-state index in [-0.39, 0.29) is 18.7 Å². The van der Waals surface area contributed by atoms with Gasteiger partial charge in [0.25, 0.3) is 0 Å². The number of rotatable bonds is 6. The number of para-hydroxylation sites is 3. The molecule has 0 aliphatic carbocycles. The minimum Gasteiger partial charge on any atom is -0.454 e. The molecule has 31 heavy (non-hydrogen) atoms. The van der Waals surface area contributed by atoms with Gasteiger partial charge in [0.1, 0.15) is 5.82 Å². The lowest BCUT2D eigenvalue weighted by atomic mass is 10.1. The number of nitrogens with zero attached hydrogens (tertiary/aromatic N) is 2. The van der Waals surface area contributed by atoms with Crippen LogP contribution in [0.1, 0.15) is 30.8 Å². The molecule has 0 radical (unpaired) electrons. The predicted molar refractivity (Wildman–Crippen MR) is 119 cm³/mol.